The minimum atomic E-state index is -6.64. The molecule has 22 heavy (non-hydrogen) atoms. The quantitative estimate of drug-likeness (QED) is 0.686. The van der Waals surface area contributed by atoms with Crippen molar-refractivity contribution in [1.29, 1.82) is 0 Å². The summed E-state index contributed by atoms with van der Waals surface area (Å²) in [7, 11) is -12.2. The van der Waals surface area contributed by atoms with Crippen molar-refractivity contribution in [1.82, 2.24) is 9.62 Å². The van der Waals surface area contributed by atoms with Gasteiger partial charge in [-0.05, 0) is 0 Å². The summed E-state index contributed by atoms with van der Waals surface area (Å²) in [4.78, 5) is 0. The van der Waals surface area contributed by atoms with Gasteiger partial charge in [-0.2, -0.15) is 30.6 Å². The Labute approximate surface area is 122 Å². The maximum atomic E-state index is 13.6. The number of nitrogens with zero attached hydrogens (tertiary/aromatic N) is 1. The largest absolute Gasteiger partial charge is 0.428 e. The van der Waals surface area contributed by atoms with Crippen LogP contribution in [0, 0.1) is 0 Å². The molecular weight excluding hydrogens is 366 g/mol. The molecule has 0 aromatic carbocycles. The summed E-state index contributed by atoms with van der Waals surface area (Å²) in [6.45, 7) is -1.58. The Hall–Kier alpha value is -0.600. The maximum Gasteiger partial charge on any atom is 0.428 e. The average Bonchev–Trinajstić information content (AvgIpc) is 2.37. The molecule has 1 aliphatic heterocycles. The second kappa shape index (κ2) is 5.49. The minimum Gasteiger partial charge on any atom is -0.314 e. The van der Waals surface area contributed by atoms with Crippen molar-refractivity contribution in [2.24, 2.45) is 0 Å². The summed E-state index contributed by atoms with van der Waals surface area (Å²) in [5.41, 5.74) is 0. The molecule has 0 amide bonds. The Morgan fingerprint density at radius 2 is 1.27 bits per heavy atom. The topological polar surface area (TPSA) is 83.5 Å². The van der Waals surface area contributed by atoms with Crippen molar-refractivity contribution in [2.75, 3.05) is 32.4 Å². The predicted molar refractivity (Wildman–Crippen MR) is 63.0 cm³/mol. The molecule has 1 aliphatic rings. The molecule has 1 heterocycles. The second-order valence-corrected chi connectivity index (χ2v) is 8.57. The number of hydrogen-bond acceptors (Lipinski definition) is 5. The number of nitrogens with one attached hydrogen (secondary N) is 1. The monoisotopic (exact) mass is 378 g/mol. The number of hydrogen-bond donors (Lipinski definition) is 1. The Morgan fingerprint density at radius 3 is 1.64 bits per heavy atom. The van der Waals surface area contributed by atoms with Crippen LogP contribution in [-0.4, -0.2) is 70.0 Å². The molecule has 14 heteroatoms. The van der Waals surface area contributed by atoms with Gasteiger partial charge in [0.1, 0.15) is 0 Å². The van der Waals surface area contributed by atoms with Crippen LogP contribution in [-0.2, 0) is 19.9 Å². The summed E-state index contributed by atoms with van der Waals surface area (Å²) < 4.78 is 125. The van der Waals surface area contributed by atoms with E-state index < -0.39 is 55.6 Å². The van der Waals surface area contributed by atoms with Crippen LogP contribution in [0.3, 0.4) is 0 Å². The molecule has 1 saturated heterocycles. The second-order valence-electron chi connectivity index (χ2n) is 4.53. The molecular formula is C8H12F6N2O4S2. The van der Waals surface area contributed by atoms with Crippen LogP contribution < -0.4 is 5.32 Å². The van der Waals surface area contributed by atoms with Gasteiger partial charge in [-0.1, -0.05) is 0 Å². The Kier molecular flexibility index (Phi) is 4.85. The Bertz CT molecular complexity index is 627. The highest BCUT2D eigenvalue weighted by atomic mass is 32.2. The third-order valence-corrected chi connectivity index (χ3v) is 6.07. The normalized spacial score (nSPS) is 20.1. The number of piperazine rings is 1. The number of halogens is 6. The first-order valence-corrected chi connectivity index (χ1v) is 8.97. The number of sulfonamides is 1. The van der Waals surface area contributed by atoms with Gasteiger partial charge in [0.2, 0.25) is 9.84 Å². The van der Waals surface area contributed by atoms with E-state index in [0.29, 0.717) is 0 Å². The van der Waals surface area contributed by atoms with Crippen LogP contribution in [0.2, 0.25) is 0 Å². The standard InChI is InChI=1S/C8H12F6N2O4S2/c1-21(17,18)7(11,12)6(9,10)8(13,14)22(19,20)16-4-2-15-3-5-16/h15H,2-5H2,1H3. The van der Waals surface area contributed by atoms with Gasteiger partial charge in [-0.15, -0.1) is 0 Å². The number of alkyl halides is 6. The van der Waals surface area contributed by atoms with Gasteiger partial charge in [0.05, 0.1) is 0 Å². The Balaban J connectivity index is 3.37. The number of sulfone groups is 1. The molecule has 1 fully saturated rings. The van der Waals surface area contributed by atoms with E-state index in [1.54, 1.807) is 0 Å². The van der Waals surface area contributed by atoms with E-state index >= 15 is 0 Å². The smallest absolute Gasteiger partial charge is 0.314 e. The molecule has 1 N–H and O–H groups in total. The molecule has 0 unspecified atom stereocenters. The van der Waals surface area contributed by atoms with Gasteiger partial charge in [-0.25, -0.2) is 16.8 Å². The summed E-state index contributed by atoms with van der Waals surface area (Å²) in [6, 6.07) is 0. The molecule has 132 valence electrons. The molecule has 0 atom stereocenters. The highest BCUT2D eigenvalue weighted by Gasteiger charge is 2.81. The van der Waals surface area contributed by atoms with Crippen LogP contribution >= 0.6 is 0 Å². The van der Waals surface area contributed by atoms with Crippen molar-refractivity contribution >= 4 is 19.9 Å². The average molecular weight is 378 g/mol. The molecule has 0 aromatic heterocycles. The van der Waals surface area contributed by atoms with Crippen LogP contribution in [0.15, 0.2) is 0 Å². The molecule has 1 rings (SSSR count). The van der Waals surface area contributed by atoms with E-state index in [1.165, 1.54) is 0 Å². The predicted octanol–water partition coefficient (Wildman–Crippen LogP) is 0.0869. The van der Waals surface area contributed by atoms with Gasteiger partial charge in [0.25, 0.3) is 10.0 Å². The van der Waals surface area contributed by atoms with Crippen molar-refractivity contribution in [3.8, 4) is 0 Å². The SMILES string of the molecule is CS(=O)(=O)C(F)(F)C(F)(F)C(F)(F)S(=O)(=O)N1CCNCC1. The zero-order chi connectivity index (χ0) is 17.6. The molecule has 0 bridgehead atoms. The van der Waals surface area contributed by atoms with E-state index in [9.17, 15) is 43.2 Å². The first-order chi connectivity index (χ1) is 9.61. The number of rotatable bonds is 5. The molecule has 0 aliphatic carbocycles. The van der Waals surface area contributed by atoms with Crippen molar-refractivity contribution in [2.45, 2.75) is 16.4 Å². The first kappa shape index (κ1) is 19.4. The zero-order valence-electron chi connectivity index (χ0n) is 11.0. The van der Waals surface area contributed by atoms with Crippen LogP contribution in [0.25, 0.3) is 0 Å². The molecule has 0 radical (unpaired) electrons. The third kappa shape index (κ3) is 2.69. The highest BCUT2D eigenvalue weighted by molar-refractivity contribution is 7.92. The first-order valence-electron chi connectivity index (χ1n) is 5.64. The molecule has 0 spiro atoms. The van der Waals surface area contributed by atoms with Gasteiger partial charge in [0.15, 0.2) is 0 Å². The van der Waals surface area contributed by atoms with E-state index in [4.69, 9.17) is 0 Å². The zero-order valence-corrected chi connectivity index (χ0v) is 12.6. The van der Waals surface area contributed by atoms with Crippen molar-refractivity contribution in [3.05, 3.63) is 0 Å². The van der Waals surface area contributed by atoms with Gasteiger partial charge >= 0.3 is 16.4 Å². The minimum absolute atomic E-state index is 0.0875. The van der Waals surface area contributed by atoms with E-state index in [2.05, 4.69) is 5.32 Å². The summed E-state index contributed by atoms with van der Waals surface area (Å²) >= 11 is 0. The Morgan fingerprint density at radius 1 is 0.864 bits per heavy atom. The fourth-order valence-corrected chi connectivity index (χ4v) is 3.71. The summed E-state index contributed by atoms with van der Waals surface area (Å²) in [5.74, 6) is -6.64. The summed E-state index contributed by atoms with van der Waals surface area (Å²) in [6.07, 6.45) is -0.394. The van der Waals surface area contributed by atoms with E-state index in [1.807, 2.05) is 0 Å². The lowest BCUT2D eigenvalue weighted by molar-refractivity contribution is -0.244. The fraction of sp³-hybridized carbons (Fsp3) is 1.00. The third-order valence-electron chi connectivity index (χ3n) is 2.94. The lowest BCUT2D eigenvalue weighted by Crippen LogP contribution is -2.64. The fourth-order valence-electron chi connectivity index (χ4n) is 1.61. The lowest BCUT2D eigenvalue weighted by atomic mass is 10.3. The molecule has 6 nitrogen and oxygen atoms in total. The van der Waals surface area contributed by atoms with Crippen molar-refractivity contribution < 1.29 is 43.2 Å². The summed E-state index contributed by atoms with van der Waals surface area (Å²) in [5, 5.41) is -10.0. The van der Waals surface area contributed by atoms with Crippen LogP contribution in [0.4, 0.5) is 26.3 Å². The van der Waals surface area contributed by atoms with Crippen molar-refractivity contribution in [3.63, 3.8) is 0 Å². The van der Waals surface area contributed by atoms with Crippen LogP contribution in [0.5, 0.6) is 0 Å². The van der Waals surface area contributed by atoms with E-state index in [0.717, 1.165) is 0 Å². The maximum absolute atomic E-state index is 13.6. The lowest BCUT2D eigenvalue weighted by Gasteiger charge is -2.35. The molecule has 0 saturated carbocycles. The van der Waals surface area contributed by atoms with Crippen LogP contribution in [0.1, 0.15) is 0 Å². The van der Waals surface area contributed by atoms with Gasteiger partial charge in [0, 0.05) is 32.4 Å². The van der Waals surface area contributed by atoms with E-state index in [-0.39, 0.29) is 17.4 Å². The molecule has 0 aromatic rings. The van der Waals surface area contributed by atoms with Gasteiger partial charge < -0.3 is 5.32 Å². The highest BCUT2D eigenvalue weighted by Crippen LogP contribution is 2.51. The van der Waals surface area contributed by atoms with Gasteiger partial charge in [-0.3, -0.25) is 0 Å².